The highest BCUT2D eigenvalue weighted by Gasteiger charge is 2.29. The molecule has 6 nitrogen and oxygen atoms in total. The van der Waals surface area contributed by atoms with Gasteiger partial charge in [-0.25, -0.2) is 8.42 Å². The normalized spacial score (nSPS) is 25.4. The summed E-state index contributed by atoms with van der Waals surface area (Å²) in [6.07, 6.45) is 1.94. The average molecular weight is 368 g/mol. The largest absolute Gasteiger partial charge is 0.352 e. The highest BCUT2D eigenvalue weighted by molar-refractivity contribution is 8.01. The number of hydrogen-bond donors (Lipinski definition) is 2. The van der Waals surface area contributed by atoms with Gasteiger partial charge in [-0.2, -0.15) is 0 Å². The molecule has 2 N–H and O–H groups in total. The van der Waals surface area contributed by atoms with E-state index in [9.17, 15) is 18.0 Å². The third-order valence-corrected chi connectivity index (χ3v) is 7.31. The summed E-state index contributed by atoms with van der Waals surface area (Å²) in [5.74, 6) is 0.0139. The van der Waals surface area contributed by atoms with Crippen molar-refractivity contribution in [1.29, 1.82) is 0 Å². The lowest BCUT2D eigenvalue weighted by Crippen LogP contribution is -2.37. The summed E-state index contributed by atoms with van der Waals surface area (Å²) in [7, 11) is -3.01. The lowest BCUT2D eigenvalue weighted by atomic mass is 10.1. The van der Waals surface area contributed by atoms with Gasteiger partial charge in [0.2, 0.25) is 11.8 Å². The number of sulfone groups is 1. The Morgan fingerprint density at radius 3 is 2.83 bits per heavy atom. The zero-order chi connectivity index (χ0) is 17.2. The van der Waals surface area contributed by atoms with Crippen LogP contribution in [-0.2, 0) is 25.8 Å². The number of amides is 2. The Kier molecular flexibility index (Phi) is 5.15. The number of rotatable bonds is 4. The van der Waals surface area contributed by atoms with Crippen LogP contribution in [-0.4, -0.2) is 48.8 Å². The maximum absolute atomic E-state index is 12.3. The molecular formula is C16H20N2O4S2. The molecule has 0 radical (unpaired) electrons. The number of para-hydroxylation sites is 1. The van der Waals surface area contributed by atoms with Crippen molar-refractivity contribution in [3.8, 4) is 0 Å². The van der Waals surface area contributed by atoms with Gasteiger partial charge in [0, 0.05) is 11.7 Å². The van der Waals surface area contributed by atoms with E-state index in [1.807, 2.05) is 24.3 Å². The fourth-order valence-corrected chi connectivity index (χ4v) is 5.61. The fourth-order valence-electron chi connectivity index (χ4n) is 3.00. The van der Waals surface area contributed by atoms with E-state index in [-0.39, 0.29) is 40.4 Å². The second kappa shape index (κ2) is 7.14. The number of aryl methyl sites for hydroxylation is 1. The van der Waals surface area contributed by atoms with Crippen LogP contribution in [0.2, 0.25) is 0 Å². The van der Waals surface area contributed by atoms with Gasteiger partial charge in [0.05, 0.1) is 22.5 Å². The van der Waals surface area contributed by atoms with Crippen LogP contribution in [0.3, 0.4) is 0 Å². The Balaban J connectivity index is 1.50. The van der Waals surface area contributed by atoms with Gasteiger partial charge in [0.1, 0.15) is 0 Å². The number of fused-ring (bicyclic) bond motifs is 1. The number of anilines is 1. The monoisotopic (exact) mass is 368 g/mol. The molecule has 2 heterocycles. The van der Waals surface area contributed by atoms with Crippen LogP contribution in [0.4, 0.5) is 5.69 Å². The number of hydrogen-bond acceptors (Lipinski definition) is 5. The van der Waals surface area contributed by atoms with Crippen LogP contribution in [0, 0.1) is 0 Å². The number of nitrogens with one attached hydrogen (secondary N) is 2. The first-order chi connectivity index (χ1) is 11.4. The molecule has 1 saturated heterocycles. The first-order valence-electron chi connectivity index (χ1n) is 7.93. The molecule has 0 spiro atoms. The van der Waals surface area contributed by atoms with E-state index in [1.54, 1.807) is 0 Å². The van der Waals surface area contributed by atoms with E-state index in [4.69, 9.17) is 0 Å². The Labute approximate surface area is 145 Å². The highest BCUT2D eigenvalue weighted by atomic mass is 32.2. The molecule has 8 heteroatoms. The summed E-state index contributed by atoms with van der Waals surface area (Å²) in [5.41, 5.74) is 1.95. The topological polar surface area (TPSA) is 92.3 Å². The summed E-state index contributed by atoms with van der Waals surface area (Å²) in [6, 6.07) is 7.41. The first-order valence-corrected chi connectivity index (χ1v) is 10.8. The van der Waals surface area contributed by atoms with Gasteiger partial charge in [-0.3, -0.25) is 9.59 Å². The van der Waals surface area contributed by atoms with E-state index >= 15 is 0 Å². The lowest BCUT2D eigenvalue weighted by Gasteiger charge is -2.14. The molecule has 2 unspecified atom stereocenters. The standard InChI is InChI=1S/C16H20N2O4S2/c19-15(17-12-7-8-24(21,22)10-12)9-23-14-6-5-11-3-1-2-4-13(11)18-16(14)20/h1-4,12,14H,5-10H2,(H,17,19)(H,18,20). The first kappa shape index (κ1) is 17.3. The average Bonchev–Trinajstić information content (AvgIpc) is 2.77. The van der Waals surface area contributed by atoms with Crippen molar-refractivity contribution < 1.29 is 18.0 Å². The fraction of sp³-hybridized carbons (Fsp3) is 0.500. The summed E-state index contributed by atoms with van der Waals surface area (Å²) < 4.78 is 22.8. The smallest absolute Gasteiger partial charge is 0.237 e. The molecule has 130 valence electrons. The van der Waals surface area contributed by atoms with E-state index in [1.165, 1.54) is 11.8 Å². The minimum Gasteiger partial charge on any atom is -0.352 e. The molecule has 24 heavy (non-hydrogen) atoms. The maximum atomic E-state index is 12.3. The predicted octanol–water partition coefficient (Wildman–Crippen LogP) is 0.976. The zero-order valence-electron chi connectivity index (χ0n) is 13.2. The molecule has 3 rings (SSSR count). The number of carbonyl (C=O) groups excluding carboxylic acids is 2. The van der Waals surface area contributed by atoms with Crippen LogP contribution in [0.25, 0.3) is 0 Å². The summed E-state index contributed by atoms with van der Waals surface area (Å²) in [6.45, 7) is 0. The van der Waals surface area contributed by atoms with Gasteiger partial charge in [-0.05, 0) is 30.9 Å². The minimum absolute atomic E-state index is 0.0165. The van der Waals surface area contributed by atoms with Crippen LogP contribution >= 0.6 is 11.8 Å². The highest BCUT2D eigenvalue weighted by Crippen LogP contribution is 2.27. The van der Waals surface area contributed by atoms with Crippen molar-refractivity contribution in [2.75, 3.05) is 22.6 Å². The van der Waals surface area contributed by atoms with E-state index < -0.39 is 9.84 Å². The second-order valence-corrected chi connectivity index (χ2v) is 9.57. The molecule has 2 amide bonds. The quantitative estimate of drug-likeness (QED) is 0.826. The molecular weight excluding hydrogens is 348 g/mol. The van der Waals surface area contributed by atoms with Crippen molar-refractivity contribution in [3.05, 3.63) is 29.8 Å². The molecule has 1 aromatic carbocycles. The summed E-state index contributed by atoms with van der Waals surface area (Å²) in [4.78, 5) is 24.3. The van der Waals surface area contributed by atoms with Crippen molar-refractivity contribution in [3.63, 3.8) is 0 Å². The second-order valence-electron chi connectivity index (χ2n) is 6.15. The Bertz CT molecular complexity index is 748. The summed E-state index contributed by atoms with van der Waals surface area (Å²) >= 11 is 1.31. The van der Waals surface area contributed by atoms with Gasteiger partial charge in [-0.15, -0.1) is 11.8 Å². The van der Waals surface area contributed by atoms with Crippen molar-refractivity contribution in [2.45, 2.75) is 30.6 Å². The van der Waals surface area contributed by atoms with Crippen LogP contribution in [0.15, 0.2) is 24.3 Å². The number of benzene rings is 1. The molecule has 2 aliphatic heterocycles. The molecule has 2 aliphatic rings. The maximum Gasteiger partial charge on any atom is 0.237 e. The SMILES string of the molecule is O=C(CSC1CCc2ccccc2NC1=O)NC1CCS(=O)(=O)C1. The Morgan fingerprint density at radius 2 is 2.08 bits per heavy atom. The number of thioether (sulfide) groups is 1. The lowest BCUT2D eigenvalue weighted by molar-refractivity contribution is -0.119. The zero-order valence-corrected chi connectivity index (χ0v) is 14.8. The Morgan fingerprint density at radius 1 is 1.29 bits per heavy atom. The van der Waals surface area contributed by atoms with Crippen LogP contribution in [0.5, 0.6) is 0 Å². The third kappa shape index (κ3) is 4.30. The van der Waals surface area contributed by atoms with E-state index in [2.05, 4.69) is 10.6 Å². The Hall–Kier alpha value is -1.54. The van der Waals surface area contributed by atoms with Crippen LogP contribution in [0.1, 0.15) is 18.4 Å². The molecule has 2 atom stereocenters. The van der Waals surface area contributed by atoms with Crippen molar-refractivity contribution in [2.24, 2.45) is 0 Å². The van der Waals surface area contributed by atoms with Crippen molar-refractivity contribution >= 4 is 39.1 Å². The van der Waals surface area contributed by atoms with Gasteiger partial charge in [0.25, 0.3) is 0 Å². The molecule has 1 aromatic rings. The predicted molar refractivity (Wildman–Crippen MR) is 94.8 cm³/mol. The third-order valence-electron chi connectivity index (χ3n) is 4.26. The van der Waals surface area contributed by atoms with E-state index in [0.717, 1.165) is 17.7 Å². The summed E-state index contributed by atoms with van der Waals surface area (Å²) in [5, 5.41) is 5.38. The van der Waals surface area contributed by atoms with Gasteiger partial charge >= 0.3 is 0 Å². The van der Waals surface area contributed by atoms with Crippen LogP contribution < -0.4 is 10.6 Å². The molecule has 1 fully saturated rings. The van der Waals surface area contributed by atoms with Gasteiger partial charge < -0.3 is 10.6 Å². The van der Waals surface area contributed by atoms with E-state index in [0.29, 0.717) is 12.8 Å². The molecule has 0 saturated carbocycles. The molecule has 0 aromatic heterocycles. The van der Waals surface area contributed by atoms with Gasteiger partial charge in [-0.1, -0.05) is 18.2 Å². The van der Waals surface area contributed by atoms with Crippen molar-refractivity contribution in [1.82, 2.24) is 5.32 Å². The minimum atomic E-state index is -3.01. The molecule has 0 aliphatic carbocycles. The number of carbonyl (C=O) groups is 2. The van der Waals surface area contributed by atoms with Gasteiger partial charge in [0.15, 0.2) is 9.84 Å². The molecule has 0 bridgehead atoms.